The van der Waals surface area contributed by atoms with E-state index in [-0.39, 0.29) is 63.4 Å². The number of nitrogens with one attached hydrogen (secondary N) is 1. The normalized spacial score (nSPS) is 24.9. The third kappa shape index (κ3) is 7.01. The van der Waals surface area contributed by atoms with Crippen molar-refractivity contribution in [2.75, 3.05) is 10.3 Å². The van der Waals surface area contributed by atoms with E-state index in [1.165, 1.54) is 42.5 Å². The first-order chi connectivity index (χ1) is 29.5. The van der Waals surface area contributed by atoms with E-state index in [1.807, 2.05) is 0 Å². The van der Waals surface area contributed by atoms with E-state index >= 15 is 4.79 Å². The first-order valence-corrected chi connectivity index (χ1v) is 19.7. The molecule has 1 aromatic heterocycles. The number of amides is 4. The Labute approximate surface area is 360 Å². The molecule has 2 saturated heterocycles. The number of hydrazine groups is 1. The molecule has 2 aliphatic heterocycles. The van der Waals surface area contributed by atoms with Crippen molar-refractivity contribution >= 4 is 58.3 Å². The maximum Gasteiger partial charge on any atom is 0.417 e. The Bertz CT molecular complexity index is 2620. The number of hydrogen-bond donors (Lipinski definition) is 2. The zero-order valence-corrected chi connectivity index (χ0v) is 33.4. The third-order valence-electron chi connectivity index (χ3n) is 12.2. The number of phenolic OH excluding ortho intramolecular Hbond substituents is 1. The number of rotatable bonds is 7. The minimum absolute atomic E-state index is 0.0544. The number of phenols is 1. The summed E-state index contributed by atoms with van der Waals surface area (Å²) in [5.74, 6) is -12.2. The number of anilines is 2. The Hall–Kier alpha value is -5.88. The molecule has 4 amide bonds. The number of fused-ring (bicyclic) bond motifs is 4. The van der Waals surface area contributed by atoms with E-state index in [9.17, 15) is 59.0 Å². The van der Waals surface area contributed by atoms with E-state index in [2.05, 4.69) is 17.0 Å². The summed E-state index contributed by atoms with van der Waals surface area (Å²) in [4.78, 5) is 63.1. The average molecular weight is 924 g/mol. The molecule has 0 bridgehead atoms. The summed E-state index contributed by atoms with van der Waals surface area (Å²) in [5.41, 5.74) is -4.60. The Balaban J connectivity index is 1.32. The SMILES string of the molecule is C=CCc1cccc([C@H]2C3=CC[C@@H]4C(=O)N(c5cc(C(F)(F)F)cc(C(F)(F)F)c5)C(=O)[C@@H]4[C@@H]3C[C@H]3C(=O)N(Nc4ncc(C(F)(F)F)cc4Cl)C(=O)[C@@]23c2ccc(Cl)cc2)c1O. The minimum atomic E-state index is -5.32. The van der Waals surface area contributed by atoms with Crippen LogP contribution in [-0.4, -0.2) is 38.7 Å². The number of benzene rings is 3. The topological polar surface area (TPSA) is 120 Å². The van der Waals surface area contributed by atoms with Crippen LogP contribution in [0.5, 0.6) is 5.75 Å². The number of para-hydroxylation sites is 1. The number of imide groups is 2. The number of aromatic hydroxyl groups is 1. The summed E-state index contributed by atoms with van der Waals surface area (Å²) < 4.78 is 124. The Morgan fingerprint density at radius 2 is 1.46 bits per heavy atom. The lowest BCUT2D eigenvalue weighted by atomic mass is 9.49. The van der Waals surface area contributed by atoms with Crippen molar-refractivity contribution in [2.45, 2.75) is 49.1 Å². The molecule has 20 heteroatoms. The molecule has 0 radical (unpaired) electrons. The molecule has 3 fully saturated rings. The van der Waals surface area contributed by atoms with Gasteiger partial charge in [-0.05, 0) is 72.7 Å². The summed E-state index contributed by atoms with van der Waals surface area (Å²) in [7, 11) is 0. The average Bonchev–Trinajstić information content (AvgIpc) is 3.59. The van der Waals surface area contributed by atoms with Gasteiger partial charge in [0.2, 0.25) is 11.8 Å². The van der Waals surface area contributed by atoms with Gasteiger partial charge in [0.25, 0.3) is 11.8 Å². The van der Waals surface area contributed by atoms with Gasteiger partial charge >= 0.3 is 18.5 Å². The number of aromatic nitrogens is 1. The zero-order chi connectivity index (χ0) is 45.7. The van der Waals surface area contributed by atoms with Gasteiger partial charge in [-0.1, -0.05) is 71.3 Å². The second-order valence-electron chi connectivity index (χ2n) is 15.5. The lowest BCUT2D eigenvalue weighted by Gasteiger charge is -2.50. The highest BCUT2D eigenvalue weighted by atomic mass is 35.5. The molecule has 3 heterocycles. The smallest absolute Gasteiger partial charge is 0.417 e. The Kier molecular flexibility index (Phi) is 10.5. The van der Waals surface area contributed by atoms with Gasteiger partial charge in [-0.15, -0.1) is 6.58 Å². The molecule has 9 nitrogen and oxygen atoms in total. The highest BCUT2D eigenvalue weighted by Crippen LogP contribution is 2.65. The van der Waals surface area contributed by atoms with Crippen LogP contribution in [0.3, 0.4) is 0 Å². The van der Waals surface area contributed by atoms with Crippen molar-refractivity contribution in [1.29, 1.82) is 0 Å². The molecule has 328 valence electrons. The molecular weight excluding hydrogens is 894 g/mol. The first-order valence-electron chi connectivity index (χ1n) is 18.9. The van der Waals surface area contributed by atoms with Crippen molar-refractivity contribution in [3.8, 4) is 5.75 Å². The van der Waals surface area contributed by atoms with Gasteiger partial charge in [-0.3, -0.25) is 24.6 Å². The van der Waals surface area contributed by atoms with Gasteiger partial charge in [0.15, 0.2) is 5.82 Å². The van der Waals surface area contributed by atoms with E-state index in [4.69, 9.17) is 23.2 Å². The van der Waals surface area contributed by atoms with Crippen LogP contribution in [0.2, 0.25) is 10.0 Å². The number of hydrogen-bond acceptors (Lipinski definition) is 7. The van der Waals surface area contributed by atoms with Crippen LogP contribution >= 0.6 is 23.2 Å². The molecule has 8 rings (SSSR count). The third-order valence-corrected chi connectivity index (χ3v) is 12.8. The second kappa shape index (κ2) is 15.1. The van der Waals surface area contributed by atoms with Gasteiger partial charge in [0.1, 0.15) is 5.75 Å². The highest BCUT2D eigenvalue weighted by Gasteiger charge is 2.71. The van der Waals surface area contributed by atoms with Crippen LogP contribution in [0, 0.1) is 23.7 Å². The fraction of sp³-hybridized carbons (Fsp3) is 0.279. The fourth-order valence-corrected chi connectivity index (χ4v) is 9.95. The largest absolute Gasteiger partial charge is 0.507 e. The van der Waals surface area contributed by atoms with Crippen molar-refractivity contribution < 1.29 is 63.8 Å². The van der Waals surface area contributed by atoms with Crippen LogP contribution in [0.25, 0.3) is 0 Å². The molecule has 0 spiro atoms. The van der Waals surface area contributed by atoms with Crippen LogP contribution in [0.1, 0.15) is 52.1 Å². The van der Waals surface area contributed by atoms with Crippen molar-refractivity contribution in [3.63, 3.8) is 0 Å². The number of halogens is 11. The number of carbonyl (C=O) groups is 4. The van der Waals surface area contributed by atoms with Crippen LogP contribution in [-0.2, 0) is 49.5 Å². The molecule has 4 aromatic rings. The van der Waals surface area contributed by atoms with E-state index in [1.54, 1.807) is 12.1 Å². The van der Waals surface area contributed by atoms with Crippen LogP contribution in [0.15, 0.2) is 97.2 Å². The predicted octanol–water partition coefficient (Wildman–Crippen LogP) is 10.1. The Morgan fingerprint density at radius 1 is 0.825 bits per heavy atom. The van der Waals surface area contributed by atoms with Gasteiger partial charge in [0.05, 0.1) is 50.6 Å². The Morgan fingerprint density at radius 3 is 2.05 bits per heavy atom. The molecule has 63 heavy (non-hydrogen) atoms. The number of nitrogens with zero attached hydrogens (tertiary/aromatic N) is 3. The lowest BCUT2D eigenvalue weighted by Crippen LogP contribution is -2.53. The monoisotopic (exact) mass is 922 g/mol. The number of carbonyl (C=O) groups excluding carboxylic acids is 4. The number of pyridine rings is 1. The molecule has 6 atom stereocenters. The molecule has 3 aromatic carbocycles. The van der Waals surface area contributed by atoms with E-state index in [0.717, 1.165) is 0 Å². The van der Waals surface area contributed by atoms with Gasteiger partial charge in [0, 0.05) is 22.7 Å². The lowest BCUT2D eigenvalue weighted by molar-refractivity contribution is -0.143. The molecule has 1 saturated carbocycles. The first kappa shape index (κ1) is 43.8. The summed E-state index contributed by atoms with van der Waals surface area (Å²) in [6.45, 7) is 3.72. The van der Waals surface area contributed by atoms with Crippen LogP contribution in [0.4, 0.5) is 51.0 Å². The zero-order valence-electron chi connectivity index (χ0n) is 31.9. The summed E-state index contributed by atoms with van der Waals surface area (Å²) in [5, 5.41) is 12.1. The van der Waals surface area contributed by atoms with Gasteiger partial charge in [-0.2, -0.15) is 44.5 Å². The second-order valence-corrected chi connectivity index (χ2v) is 16.4. The van der Waals surface area contributed by atoms with E-state index < -0.39 is 117 Å². The maximum absolute atomic E-state index is 15.4. The predicted molar refractivity (Wildman–Crippen MR) is 208 cm³/mol. The summed E-state index contributed by atoms with van der Waals surface area (Å²) >= 11 is 12.5. The van der Waals surface area contributed by atoms with Crippen LogP contribution < -0.4 is 10.3 Å². The van der Waals surface area contributed by atoms with Crippen molar-refractivity contribution in [1.82, 2.24) is 9.99 Å². The molecule has 0 unspecified atom stereocenters. The summed E-state index contributed by atoms with van der Waals surface area (Å²) in [6.07, 6.45) is -12.7. The maximum atomic E-state index is 15.4. The van der Waals surface area contributed by atoms with Gasteiger partial charge in [-0.25, -0.2) is 9.88 Å². The van der Waals surface area contributed by atoms with Crippen molar-refractivity contribution in [3.05, 3.63) is 141 Å². The minimum Gasteiger partial charge on any atom is -0.507 e. The standard InChI is InChI=1S/C43H29Cl2F9N4O5/c1-2-4-19-5-3-6-28(34(19)59)33-26-11-12-27-32(38(62)57(36(27)60)25-14-21(41(46,47)48)13-22(15-25)42(49,50)51)29(26)17-30-37(61)58(39(63)40(30,33)20-7-9-24(44)10-8-20)56-35-31(45)16-23(18-55-35)43(52,53)54/h2-3,5-11,13-16,18,27,29-30,32-33,59H,1,4,12,17H2,(H,55,56)/t27-,29+,30-,32-,33+,40+/m0/s1. The number of alkyl halides is 9. The van der Waals surface area contributed by atoms with E-state index in [0.29, 0.717) is 22.8 Å². The molecule has 2 N–H and O–H groups in total. The fourth-order valence-electron chi connectivity index (χ4n) is 9.61. The molecule has 2 aliphatic carbocycles. The quantitative estimate of drug-likeness (QED) is 0.108. The molecular formula is C43H29Cl2F9N4O5. The summed E-state index contributed by atoms with van der Waals surface area (Å²) in [6, 6.07) is 11.2. The molecule has 4 aliphatic rings. The highest BCUT2D eigenvalue weighted by molar-refractivity contribution is 6.33. The van der Waals surface area contributed by atoms with Crippen molar-refractivity contribution in [2.24, 2.45) is 23.7 Å². The van der Waals surface area contributed by atoms with Gasteiger partial charge < -0.3 is 5.11 Å². The number of allylic oxidation sites excluding steroid dienone is 3.